The van der Waals surface area contributed by atoms with E-state index in [1.54, 1.807) is 0 Å². The van der Waals surface area contributed by atoms with E-state index >= 15 is 0 Å². The maximum absolute atomic E-state index is 4.56. The van der Waals surface area contributed by atoms with Crippen molar-refractivity contribution in [1.82, 2.24) is 19.3 Å². The lowest BCUT2D eigenvalue weighted by Crippen LogP contribution is -2.12. The zero-order valence-electron chi connectivity index (χ0n) is 12.1. The van der Waals surface area contributed by atoms with Gasteiger partial charge in [-0.2, -0.15) is 5.10 Å². The molecule has 1 aliphatic rings. The molecule has 2 heterocycles. The zero-order chi connectivity index (χ0) is 14.2. The van der Waals surface area contributed by atoms with E-state index < -0.39 is 0 Å². The summed E-state index contributed by atoms with van der Waals surface area (Å²) in [6.07, 6.45) is 10.4. The van der Waals surface area contributed by atoms with Crippen molar-refractivity contribution in [2.45, 2.75) is 31.7 Å². The minimum atomic E-state index is 0.253. The maximum Gasteiger partial charge on any atom is 0.112 e. The lowest BCUT2D eigenvalue weighted by molar-refractivity contribution is 0.597. The second-order valence-electron chi connectivity index (χ2n) is 5.65. The van der Waals surface area contributed by atoms with Gasteiger partial charge in [0, 0.05) is 36.3 Å². The minimum absolute atomic E-state index is 0.253. The van der Waals surface area contributed by atoms with Crippen LogP contribution in [0.15, 0.2) is 55.1 Å². The Hall–Kier alpha value is -2.36. The summed E-state index contributed by atoms with van der Waals surface area (Å²) in [6.45, 7) is 2.23. The number of nitrogens with zero attached hydrogens (tertiary/aromatic N) is 4. The van der Waals surface area contributed by atoms with E-state index in [1.807, 2.05) is 29.3 Å². The fraction of sp³-hybridized carbons (Fsp3) is 0.294. The van der Waals surface area contributed by atoms with Gasteiger partial charge in [0.2, 0.25) is 0 Å². The van der Waals surface area contributed by atoms with Gasteiger partial charge in [-0.15, -0.1) is 0 Å². The molecule has 4 heteroatoms. The predicted molar refractivity (Wildman–Crippen MR) is 81.6 cm³/mol. The third kappa shape index (κ3) is 2.17. The molecule has 1 fully saturated rings. The molecule has 1 aliphatic carbocycles. The standard InChI is InChI=1S/C17H18N4/c1-13(20-12-10-18-17(20)14-7-8-14)15-5-2-3-6-16(15)21-11-4-9-19-21/h2-6,9-14H,7-8H2,1H3/t13-/m1/s1. The minimum Gasteiger partial charge on any atom is -0.327 e. The molecule has 0 spiro atoms. The highest BCUT2D eigenvalue weighted by Gasteiger charge is 2.29. The van der Waals surface area contributed by atoms with E-state index in [2.05, 4.69) is 52.0 Å². The number of imidazole rings is 1. The molecule has 4 nitrogen and oxygen atoms in total. The first-order valence-corrected chi connectivity index (χ1v) is 7.46. The van der Waals surface area contributed by atoms with Crippen LogP contribution in [-0.2, 0) is 0 Å². The summed E-state index contributed by atoms with van der Waals surface area (Å²) in [4.78, 5) is 4.56. The molecule has 3 aromatic rings. The van der Waals surface area contributed by atoms with Crippen LogP contribution in [0.4, 0.5) is 0 Å². The van der Waals surface area contributed by atoms with E-state index in [-0.39, 0.29) is 6.04 Å². The van der Waals surface area contributed by atoms with Crippen LogP contribution in [0.2, 0.25) is 0 Å². The third-order valence-electron chi connectivity index (χ3n) is 4.20. The van der Waals surface area contributed by atoms with Crippen molar-refractivity contribution in [3.8, 4) is 5.69 Å². The van der Waals surface area contributed by atoms with Crippen LogP contribution >= 0.6 is 0 Å². The maximum atomic E-state index is 4.56. The molecule has 0 bridgehead atoms. The van der Waals surface area contributed by atoms with Gasteiger partial charge in [-0.25, -0.2) is 9.67 Å². The lowest BCUT2D eigenvalue weighted by atomic mass is 10.1. The summed E-state index contributed by atoms with van der Waals surface area (Å²) in [5.74, 6) is 1.87. The van der Waals surface area contributed by atoms with E-state index in [1.165, 1.54) is 24.2 Å². The van der Waals surface area contributed by atoms with Crippen LogP contribution in [0, 0.1) is 0 Å². The van der Waals surface area contributed by atoms with E-state index in [0.29, 0.717) is 5.92 Å². The van der Waals surface area contributed by atoms with Crippen molar-refractivity contribution in [3.05, 3.63) is 66.5 Å². The molecule has 1 saturated carbocycles. The quantitative estimate of drug-likeness (QED) is 0.731. The number of benzene rings is 1. The van der Waals surface area contributed by atoms with Crippen molar-refractivity contribution in [3.63, 3.8) is 0 Å². The summed E-state index contributed by atoms with van der Waals surface area (Å²) in [7, 11) is 0. The number of para-hydroxylation sites is 1. The molecule has 0 unspecified atom stereocenters. The van der Waals surface area contributed by atoms with Gasteiger partial charge < -0.3 is 4.57 Å². The van der Waals surface area contributed by atoms with Crippen molar-refractivity contribution in [2.75, 3.05) is 0 Å². The summed E-state index contributed by atoms with van der Waals surface area (Å²) in [6, 6.07) is 10.7. The Bertz CT molecular complexity index is 738. The van der Waals surface area contributed by atoms with Gasteiger partial charge >= 0.3 is 0 Å². The van der Waals surface area contributed by atoms with E-state index in [4.69, 9.17) is 0 Å². The Kier molecular flexibility index (Phi) is 2.88. The molecule has 0 radical (unpaired) electrons. The van der Waals surface area contributed by atoms with Crippen LogP contribution in [0.5, 0.6) is 0 Å². The molecule has 0 saturated heterocycles. The number of hydrogen-bond donors (Lipinski definition) is 0. The molecule has 106 valence electrons. The first-order valence-electron chi connectivity index (χ1n) is 7.46. The largest absolute Gasteiger partial charge is 0.327 e. The Morgan fingerprint density at radius 3 is 2.71 bits per heavy atom. The van der Waals surface area contributed by atoms with E-state index in [9.17, 15) is 0 Å². The topological polar surface area (TPSA) is 35.6 Å². The molecule has 4 rings (SSSR count). The smallest absolute Gasteiger partial charge is 0.112 e. The summed E-state index contributed by atoms with van der Waals surface area (Å²) in [5, 5.41) is 4.37. The molecule has 0 amide bonds. The van der Waals surface area contributed by atoms with Crippen molar-refractivity contribution < 1.29 is 0 Å². The predicted octanol–water partition coefficient (Wildman–Crippen LogP) is 3.56. The van der Waals surface area contributed by atoms with Gasteiger partial charge in [0.1, 0.15) is 5.82 Å². The van der Waals surface area contributed by atoms with Crippen molar-refractivity contribution in [2.24, 2.45) is 0 Å². The fourth-order valence-electron chi connectivity index (χ4n) is 2.92. The second kappa shape index (κ2) is 4.88. The molecule has 1 aromatic carbocycles. The van der Waals surface area contributed by atoms with Crippen molar-refractivity contribution in [1.29, 1.82) is 0 Å². The van der Waals surface area contributed by atoms with Crippen LogP contribution in [0.25, 0.3) is 5.69 Å². The van der Waals surface area contributed by atoms with Crippen LogP contribution < -0.4 is 0 Å². The first kappa shape index (κ1) is 12.4. The van der Waals surface area contributed by atoms with Crippen molar-refractivity contribution >= 4 is 0 Å². The normalized spacial score (nSPS) is 16.0. The highest BCUT2D eigenvalue weighted by Crippen LogP contribution is 2.40. The highest BCUT2D eigenvalue weighted by atomic mass is 15.3. The first-order chi connectivity index (χ1) is 10.3. The van der Waals surface area contributed by atoms with Gasteiger partial charge in [-0.3, -0.25) is 0 Å². The summed E-state index contributed by atoms with van der Waals surface area (Å²) >= 11 is 0. The van der Waals surface area contributed by atoms with Gasteiger partial charge in [-0.05, 0) is 31.9 Å². The molecular weight excluding hydrogens is 260 g/mol. The number of rotatable bonds is 4. The van der Waals surface area contributed by atoms with Gasteiger partial charge in [0.25, 0.3) is 0 Å². The molecule has 0 aliphatic heterocycles. The monoisotopic (exact) mass is 278 g/mol. The third-order valence-corrected chi connectivity index (χ3v) is 4.20. The second-order valence-corrected chi connectivity index (χ2v) is 5.65. The highest BCUT2D eigenvalue weighted by molar-refractivity contribution is 5.42. The zero-order valence-corrected chi connectivity index (χ0v) is 12.1. The number of aromatic nitrogens is 4. The Balaban J connectivity index is 1.77. The Morgan fingerprint density at radius 1 is 1.10 bits per heavy atom. The van der Waals surface area contributed by atoms with Crippen LogP contribution in [0.1, 0.15) is 43.1 Å². The number of hydrogen-bond acceptors (Lipinski definition) is 2. The van der Waals surface area contributed by atoms with Gasteiger partial charge in [-0.1, -0.05) is 18.2 Å². The molecule has 1 atom stereocenters. The molecule has 0 N–H and O–H groups in total. The SMILES string of the molecule is C[C@H](c1ccccc1-n1cccn1)n1ccnc1C1CC1. The lowest BCUT2D eigenvalue weighted by Gasteiger charge is -2.20. The van der Waals surface area contributed by atoms with Crippen LogP contribution in [0.3, 0.4) is 0 Å². The Labute approximate surface area is 124 Å². The fourth-order valence-corrected chi connectivity index (χ4v) is 2.92. The molecule has 2 aromatic heterocycles. The van der Waals surface area contributed by atoms with Gasteiger partial charge in [0.15, 0.2) is 0 Å². The molecular formula is C17H18N4. The summed E-state index contributed by atoms with van der Waals surface area (Å²) in [5.41, 5.74) is 2.39. The molecule has 21 heavy (non-hydrogen) atoms. The Morgan fingerprint density at radius 2 is 1.95 bits per heavy atom. The average Bonchev–Trinajstić information content (AvgIpc) is 3.05. The summed E-state index contributed by atoms with van der Waals surface area (Å²) < 4.78 is 4.24. The van der Waals surface area contributed by atoms with Crippen LogP contribution in [-0.4, -0.2) is 19.3 Å². The average molecular weight is 278 g/mol. The van der Waals surface area contributed by atoms with E-state index in [0.717, 1.165) is 5.69 Å². The van der Waals surface area contributed by atoms with Gasteiger partial charge in [0.05, 0.1) is 11.7 Å².